The molecule has 1 aliphatic heterocycles. The zero-order valence-corrected chi connectivity index (χ0v) is 13.4. The second kappa shape index (κ2) is 10.9. The quantitative estimate of drug-likeness (QED) is 0.694. The molecule has 0 saturated carbocycles. The van der Waals surface area contributed by atoms with Gasteiger partial charge in [0.1, 0.15) is 0 Å². The number of nitrogens with one attached hydrogen (secondary N) is 2. The fourth-order valence-electron chi connectivity index (χ4n) is 2.36. The highest BCUT2D eigenvalue weighted by atomic mass is 35.5. The van der Waals surface area contributed by atoms with Gasteiger partial charge in [-0.05, 0) is 25.8 Å². The van der Waals surface area contributed by atoms with Crippen LogP contribution in [0.25, 0.3) is 0 Å². The number of rotatable bonds is 7. The number of hydrogen-bond acceptors (Lipinski definition) is 3. The Morgan fingerprint density at radius 1 is 1.20 bits per heavy atom. The monoisotopic (exact) mass is 305 g/mol. The molecule has 1 rings (SSSR count). The molecule has 0 aliphatic carbocycles. The molecule has 0 aromatic heterocycles. The Morgan fingerprint density at radius 3 is 2.60 bits per heavy atom. The lowest BCUT2D eigenvalue weighted by molar-refractivity contribution is -0.135. The van der Waals surface area contributed by atoms with E-state index in [1.807, 2.05) is 11.8 Å². The normalized spacial score (nSPS) is 18.3. The predicted octanol–water partition coefficient (Wildman–Crippen LogP) is 1.17. The first-order chi connectivity index (χ1) is 9.19. The molecular formula is C14H28ClN3O2. The van der Waals surface area contributed by atoms with Crippen molar-refractivity contribution in [3.8, 4) is 0 Å². The van der Waals surface area contributed by atoms with Crippen molar-refractivity contribution in [3.05, 3.63) is 0 Å². The van der Waals surface area contributed by atoms with Crippen LogP contribution >= 0.6 is 12.4 Å². The van der Waals surface area contributed by atoms with Gasteiger partial charge in [-0.25, -0.2) is 0 Å². The molecule has 1 aliphatic rings. The standard InChI is InChI=1S/C14H27N3O2.ClH/c1-3-7-15-8-9-16-14(19)12-6-5-10-17(11-12)13(18)4-2;/h12,15H,3-11H2,1-2H3,(H,16,19);1H. The zero-order valence-electron chi connectivity index (χ0n) is 12.6. The van der Waals surface area contributed by atoms with E-state index in [9.17, 15) is 9.59 Å². The Kier molecular flexibility index (Phi) is 10.5. The van der Waals surface area contributed by atoms with Crippen LogP contribution in [0.4, 0.5) is 0 Å². The van der Waals surface area contributed by atoms with Gasteiger partial charge in [0.15, 0.2) is 0 Å². The first-order valence-corrected chi connectivity index (χ1v) is 7.45. The van der Waals surface area contributed by atoms with Gasteiger partial charge in [-0.1, -0.05) is 13.8 Å². The van der Waals surface area contributed by atoms with Crippen molar-refractivity contribution in [2.75, 3.05) is 32.7 Å². The van der Waals surface area contributed by atoms with Crippen molar-refractivity contribution >= 4 is 24.2 Å². The summed E-state index contributed by atoms with van der Waals surface area (Å²) in [5, 5.41) is 6.20. The fourth-order valence-corrected chi connectivity index (χ4v) is 2.36. The molecule has 1 atom stereocenters. The molecule has 5 nitrogen and oxygen atoms in total. The van der Waals surface area contributed by atoms with Gasteiger partial charge in [-0.2, -0.15) is 0 Å². The van der Waals surface area contributed by atoms with Gasteiger partial charge >= 0.3 is 0 Å². The summed E-state index contributed by atoms with van der Waals surface area (Å²) in [7, 11) is 0. The van der Waals surface area contributed by atoms with Crippen molar-refractivity contribution in [1.82, 2.24) is 15.5 Å². The minimum absolute atomic E-state index is 0. The molecule has 0 aromatic carbocycles. The van der Waals surface area contributed by atoms with E-state index in [2.05, 4.69) is 17.6 Å². The highest BCUT2D eigenvalue weighted by Crippen LogP contribution is 2.17. The minimum atomic E-state index is -0.0320. The lowest BCUT2D eigenvalue weighted by Crippen LogP contribution is -2.46. The van der Waals surface area contributed by atoms with Crippen LogP contribution in [0.15, 0.2) is 0 Å². The number of amides is 2. The number of hydrogen-bond donors (Lipinski definition) is 2. The molecule has 1 unspecified atom stereocenters. The van der Waals surface area contributed by atoms with Crippen molar-refractivity contribution in [1.29, 1.82) is 0 Å². The number of piperidine rings is 1. The third-order valence-corrected chi connectivity index (χ3v) is 3.48. The van der Waals surface area contributed by atoms with Crippen molar-refractivity contribution < 1.29 is 9.59 Å². The Hall–Kier alpha value is -0.810. The highest BCUT2D eigenvalue weighted by molar-refractivity contribution is 5.85. The van der Waals surface area contributed by atoms with Gasteiger partial charge in [0.2, 0.25) is 11.8 Å². The fraction of sp³-hybridized carbons (Fsp3) is 0.857. The average molecular weight is 306 g/mol. The minimum Gasteiger partial charge on any atom is -0.355 e. The van der Waals surface area contributed by atoms with Crippen LogP contribution in [0.1, 0.15) is 39.5 Å². The summed E-state index contributed by atoms with van der Waals surface area (Å²) in [6.45, 7) is 7.83. The molecule has 2 amide bonds. The van der Waals surface area contributed by atoms with Crippen LogP contribution in [0.5, 0.6) is 0 Å². The van der Waals surface area contributed by atoms with Crippen LogP contribution in [-0.4, -0.2) is 49.4 Å². The number of likely N-dealkylation sites (tertiary alicyclic amines) is 1. The lowest BCUT2D eigenvalue weighted by atomic mass is 9.97. The van der Waals surface area contributed by atoms with E-state index in [4.69, 9.17) is 0 Å². The predicted molar refractivity (Wildman–Crippen MR) is 83.0 cm³/mol. The maximum Gasteiger partial charge on any atom is 0.224 e. The second-order valence-electron chi connectivity index (χ2n) is 5.07. The smallest absolute Gasteiger partial charge is 0.224 e. The first kappa shape index (κ1) is 19.2. The Morgan fingerprint density at radius 2 is 1.95 bits per heavy atom. The number of nitrogens with zero attached hydrogens (tertiary/aromatic N) is 1. The van der Waals surface area contributed by atoms with E-state index in [1.165, 1.54) is 0 Å². The van der Waals surface area contributed by atoms with Crippen LogP contribution in [0.3, 0.4) is 0 Å². The van der Waals surface area contributed by atoms with E-state index in [1.54, 1.807) is 0 Å². The van der Waals surface area contributed by atoms with E-state index >= 15 is 0 Å². The molecule has 20 heavy (non-hydrogen) atoms. The molecule has 0 aromatic rings. The molecule has 118 valence electrons. The maximum atomic E-state index is 12.0. The second-order valence-corrected chi connectivity index (χ2v) is 5.07. The Labute approximate surface area is 128 Å². The highest BCUT2D eigenvalue weighted by Gasteiger charge is 2.27. The molecule has 1 fully saturated rings. The van der Waals surface area contributed by atoms with Crippen molar-refractivity contribution in [2.24, 2.45) is 5.92 Å². The van der Waals surface area contributed by atoms with Crippen LogP contribution in [0.2, 0.25) is 0 Å². The summed E-state index contributed by atoms with van der Waals surface area (Å²) < 4.78 is 0. The summed E-state index contributed by atoms with van der Waals surface area (Å²) >= 11 is 0. The topological polar surface area (TPSA) is 61.4 Å². The Balaban J connectivity index is 0.00000361. The first-order valence-electron chi connectivity index (χ1n) is 7.45. The van der Waals surface area contributed by atoms with Gasteiger partial charge in [0, 0.05) is 32.6 Å². The molecular weight excluding hydrogens is 278 g/mol. The summed E-state index contributed by atoms with van der Waals surface area (Å²) in [6, 6.07) is 0. The molecule has 6 heteroatoms. The summed E-state index contributed by atoms with van der Waals surface area (Å²) in [6.07, 6.45) is 3.44. The van der Waals surface area contributed by atoms with E-state index in [0.29, 0.717) is 19.5 Å². The molecule has 0 spiro atoms. The third kappa shape index (κ3) is 6.57. The number of carbonyl (C=O) groups excluding carboxylic acids is 2. The SMILES string of the molecule is CCCNCCNC(=O)C1CCCN(C(=O)CC)C1.Cl. The van der Waals surface area contributed by atoms with Crippen molar-refractivity contribution in [3.63, 3.8) is 0 Å². The average Bonchev–Trinajstić information content (AvgIpc) is 2.46. The number of carbonyl (C=O) groups is 2. The van der Waals surface area contributed by atoms with Gasteiger partial charge in [0.05, 0.1) is 5.92 Å². The molecule has 1 saturated heterocycles. The maximum absolute atomic E-state index is 12.0. The van der Waals surface area contributed by atoms with Crippen LogP contribution < -0.4 is 10.6 Å². The summed E-state index contributed by atoms with van der Waals surface area (Å²) in [4.78, 5) is 25.5. The van der Waals surface area contributed by atoms with Gasteiger partial charge in [0.25, 0.3) is 0 Å². The molecule has 1 heterocycles. The van der Waals surface area contributed by atoms with Crippen molar-refractivity contribution in [2.45, 2.75) is 39.5 Å². The van der Waals surface area contributed by atoms with Crippen LogP contribution in [0, 0.1) is 5.92 Å². The lowest BCUT2D eigenvalue weighted by Gasteiger charge is -2.31. The molecule has 0 bridgehead atoms. The summed E-state index contributed by atoms with van der Waals surface area (Å²) in [5.41, 5.74) is 0. The van der Waals surface area contributed by atoms with E-state index in [0.717, 1.165) is 38.9 Å². The van der Waals surface area contributed by atoms with E-state index in [-0.39, 0.29) is 30.1 Å². The van der Waals surface area contributed by atoms with E-state index < -0.39 is 0 Å². The van der Waals surface area contributed by atoms with Gasteiger partial charge in [-0.15, -0.1) is 12.4 Å². The van der Waals surface area contributed by atoms with Crippen LogP contribution in [-0.2, 0) is 9.59 Å². The zero-order chi connectivity index (χ0) is 14.1. The van der Waals surface area contributed by atoms with Gasteiger partial charge in [-0.3, -0.25) is 9.59 Å². The molecule has 0 radical (unpaired) electrons. The molecule has 2 N–H and O–H groups in total. The Bertz CT molecular complexity index is 300. The van der Waals surface area contributed by atoms with Gasteiger partial charge < -0.3 is 15.5 Å². The number of halogens is 1. The largest absolute Gasteiger partial charge is 0.355 e. The summed E-state index contributed by atoms with van der Waals surface area (Å²) in [5.74, 6) is 0.212. The third-order valence-electron chi connectivity index (χ3n) is 3.48.